The number of ether oxygens (including phenoxy) is 1. The van der Waals surface area contributed by atoms with Gasteiger partial charge in [-0.2, -0.15) is 0 Å². The molecule has 2 rings (SSSR count). The topological polar surface area (TPSA) is 92.7 Å². The van der Waals surface area contributed by atoms with Gasteiger partial charge in [0.05, 0.1) is 10.9 Å². The highest BCUT2D eigenvalue weighted by atomic mass is 79.9. The van der Waals surface area contributed by atoms with Crippen LogP contribution >= 0.6 is 27.3 Å². The monoisotopic (exact) mass is 383 g/mol. The van der Waals surface area contributed by atoms with Gasteiger partial charge in [0.2, 0.25) is 10.0 Å². The molecule has 0 aliphatic heterocycles. The van der Waals surface area contributed by atoms with Gasteiger partial charge < -0.3 is 9.84 Å². The SMILES string of the molecule is COC(=O)c1cc(S(=O)(=O)NCC2(CO)CC2)c(Br)s1. The minimum atomic E-state index is -3.72. The van der Waals surface area contributed by atoms with Crippen molar-refractivity contribution in [1.29, 1.82) is 0 Å². The first kappa shape index (κ1) is 15.9. The van der Waals surface area contributed by atoms with Gasteiger partial charge in [0.1, 0.15) is 9.77 Å². The van der Waals surface area contributed by atoms with Crippen LogP contribution in [0.1, 0.15) is 22.5 Å². The second kappa shape index (κ2) is 5.72. The second-order valence-electron chi connectivity index (χ2n) is 4.72. The Balaban J connectivity index is 2.17. The first-order chi connectivity index (χ1) is 9.33. The number of thiophene rings is 1. The summed E-state index contributed by atoms with van der Waals surface area (Å²) in [5, 5.41) is 9.18. The molecule has 1 aliphatic rings. The van der Waals surface area contributed by atoms with Crippen molar-refractivity contribution >= 4 is 43.3 Å². The maximum absolute atomic E-state index is 12.2. The van der Waals surface area contributed by atoms with Gasteiger partial charge in [0, 0.05) is 18.6 Å². The van der Waals surface area contributed by atoms with E-state index in [2.05, 4.69) is 25.4 Å². The summed E-state index contributed by atoms with van der Waals surface area (Å²) in [5.74, 6) is -0.578. The normalized spacial score (nSPS) is 16.9. The molecule has 1 saturated carbocycles. The largest absolute Gasteiger partial charge is 0.465 e. The molecule has 0 amide bonds. The van der Waals surface area contributed by atoms with Crippen LogP contribution in [-0.4, -0.2) is 39.8 Å². The van der Waals surface area contributed by atoms with Gasteiger partial charge in [-0.25, -0.2) is 17.9 Å². The van der Waals surface area contributed by atoms with E-state index in [-0.39, 0.29) is 28.3 Å². The zero-order valence-corrected chi connectivity index (χ0v) is 13.9. The summed E-state index contributed by atoms with van der Waals surface area (Å²) in [6, 6.07) is 1.28. The van der Waals surface area contributed by atoms with Gasteiger partial charge in [-0.1, -0.05) is 0 Å². The van der Waals surface area contributed by atoms with E-state index < -0.39 is 16.0 Å². The molecule has 1 aliphatic carbocycles. The summed E-state index contributed by atoms with van der Waals surface area (Å²) in [4.78, 5) is 11.6. The van der Waals surface area contributed by atoms with E-state index >= 15 is 0 Å². The van der Waals surface area contributed by atoms with Crippen molar-refractivity contribution in [3.05, 3.63) is 14.7 Å². The first-order valence-electron chi connectivity index (χ1n) is 5.82. The molecular formula is C11H14BrNO5S2. The molecule has 1 aromatic rings. The van der Waals surface area contributed by atoms with Gasteiger partial charge in [-0.3, -0.25) is 0 Å². The van der Waals surface area contributed by atoms with Crippen molar-refractivity contribution in [2.75, 3.05) is 20.3 Å². The van der Waals surface area contributed by atoms with E-state index in [0.717, 1.165) is 24.2 Å². The molecular weight excluding hydrogens is 370 g/mol. The fourth-order valence-corrected chi connectivity index (χ4v) is 5.27. The number of aliphatic hydroxyl groups excluding tert-OH is 1. The summed E-state index contributed by atoms with van der Waals surface area (Å²) in [6.45, 7) is 0.162. The fourth-order valence-electron chi connectivity index (χ4n) is 1.63. The highest BCUT2D eigenvalue weighted by molar-refractivity contribution is 9.11. The summed E-state index contributed by atoms with van der Waals surface area (Å²) >= 11 is 4.15. The number of rotatable bonds is 6. The molecule has 1 aromatic heterocycles. The average Bonchev–Trinajstić information content (AvgIpc) is 3.10. The minimum absolute atomic E-state index is 0.0108. The number of nitrogens with one attached hydrogen (secondary N) is 1. The van der Waals surface area contributed by atoms with Crippen LogP contribution in [0.5, 0.6) is 0 Å². The molecule has 0 spiro atoms. The summed E-state index contributed by atoms with van der Waals surface area (Å²) < 4.78 is 31.8. The molecule has 0 bridgehead atoms. The van der Waals surface area contributed by atoms with Crippen molar-refractivity contribution in [3.8, 4) is 0 Å². The number of halogens is 1. The second-order valence-corrected chi connectivity index (χ2v) is 8.83. The van der Waals surface area contributed by atoms with Crippen LogP contribution in [0.25, 0.3) is 0 Å². The Kier molecular flexibility index (Phi) is 4.55. The van der Waals surface area contributed by atoms with Crippen molar-refractivity contribution in [3.63, 3.8) is 0 Å². The Morgan fingerprint density at radius 2 is 2.25 bits per heavy atom. The zero-order chi connectivity index (χ0) is 15.0. The molecule has 0 saturated heterocycles. The number of methoxy groups -OCH3 is 1. The van der Waals surface area contributed by atoms with Crippen LogP contribution in [0.3, 0.4) is 0 Å². The Hall–Kier alpha value is -0.480. The van der Waals surface area contributed by atoms with Crippen LogP contribution in [0, 0.1) is 5.41 Å². The molecule has 2 N–H and O–H groups in total. The third-order valence-corrected chi connectivity index (χ3v) is 6.89. The van der Waals surface area contributed by atoms with Gasteiger partial charge in [-0.15, -0.1) is 11.3 Å². The van der Waals surface area contributed by atoms with Gasteiger partial charge in [-0.05, 0) is 34.8 Å². The Bertz CT molecular complexity index is 621. The number of hydrogen-bond acceptors (Lipinski definition) is 6. The number of carbonyl (C=O) groups is 1. The van der Waals surface area contributed by atoms with Crippen molar-refractivity contribution < 1.29 is 23.1 Å². The predicted molar refractivity (Wildman–Crippen MR) is 77.3 cm³/mol. The number of hydrogen-bond donors (Lipinski definition) is 2. The Morgan fingerprint density at radius 1 is 1.60 bits per heavy atom. The molecule has 1 heterocycles. The van der Waals surface area contributed by atoms with Crippen molar-refractivity contribution in [2.24, 2.45) is 5.41 Å². The van der Waals surface area contributed by atoms with E-state index in [9.17, 15) is 18.3 Å². The van der Waals surface area contributed by atoms with Gasteiger partial charge >= 0.3 is 5.97 Å². The summed E-state index contributed by atoms with van der Waals surface area (Å²) in [6.07, 6.45) is 1.62. The van der Waals surface area contributed by atoms with E-state index in [1.165, 1.54) is 13.2 Å². The lowest BCUT2D eigenvalue weighted by molar-refractivity contribution is 0.0606. The first-order valence-corrected chi connectivity index (χ1v) is 8.91. The number of sulfonamides is 1. The van der Waals surface area contributed by atoms with Crippen LogP contribution < -0.4 is 4.72 Å². The lowest BCUT2D eigenvalue weighted by Gasteiger charge is -2.12. The van der Waals surface area contributed by atoms with E-state index in [1.54, 1.807) is 0 Å². The maximum atomic E-state index is 12.2. The van der Waals surface area contributed by atoms with E-state index in [1.807, 2.05) is 0 Å². The highest BCUT2D eigenvalue weighted by Gasteiger charge is 2.42. The van der Waals surface area contributed by atoms with Crippen LogP contribution in [-0.2, 0) is 14.8 Å². The van der Waals surface area contributed by atoms with Crippen molar-refractivity contribution in [1.82, 2.24) is 4.72 Å². The van der Waals surface area contributed by atoms with Crippen LogP contribution in [0.2, 0.25) is 0 Å². The summed E-state index contributed by atoms with van der Waals surface area (Å²) in [7, 11) is -2.48. The lowest BCUT2D eigenvalue weighted by atomic mass is 10.1. The van der Waals surface area contributed by atoms with Crippen molar-refractivity contribution in [2.45, 2.75) is 17.7 Å². The number of esters is 1. The quantitative estimate of drug-likeness (QED) is 0.723. The van der Waals surface area contributed by atoms with E-state index in [0.29, 0.717) is 3.79 Å². The molecule has 20 heavy (non-hydrogen) atoms. The molecule has 0 atom stereocenters. The molecule has 112 valence electrons. The lowest BCUT2D eigenvalue weighted by Crippen LogP contribution is -2.31. The fraction of sp³-hybridized carbons (Fsp3) is 0.545. The molecule has 0 radical (unpaired) electrons. The molecule has 0 aromatic carbocycles. The number of aliphatic hydroxyl groups is 1. The minimum Gasteiger partial charge on any atom is -0.465 e. The maximum Gasteiger partial charge on any atom is 0.348 e. The Labute approximate surface area is 129 Å². The standard InChI is InChI=1S/C11H14BrNO5S2/c1-18-10(15)7-4-8(9(12)19-7)20(16,17)13-5-11(6-14)2-3-11/h4,13-14H,2-3,5-6H2,1H3. The smallest absolute Gasteiger partial charge is 0.348 e. The third kappa shape index (κ3) is 3.22. The van der Waals surface area contributed by atoms with Crippen LogP contribution in [0.15, 0.2) is 14.7 Å². The van der Waals surface area contributed by atoms with E-state index in [4.69, 9.17) is 0 Å². The van der Waals surface area contributed by atoms with Gasteiger partial charge in [0.15, 0.2) is 0 Å². The summed E-state index contributed by atoms with van der Waals surface area (Å²) in [5.41, 5.74) is -0.319. The van der Waals surface area contributed by atoms with Gasteiger partial charge in [0.25, 0.3) is 0 Å². The predicted octanol–water partition coefficient (Wildman–Crippen LogP) is 1.35. The Morgan fingerprint density at radius 3 is 2.75 bits per heavy atom. The molecule has 1 fully saturated rings. The number of carbonyl (C=O) groups excluding carboxylic acids is 1. The average molecular weight is 384 g/mol. The highest BCUT2D eigenvalue weighted by Crippen LogP contribution is 2.44. The van der Waals surface area contributed by atoms with Crippen LogP contribution in [0.4, 0.5) is 0 Å². The molecule has 0 unspecified atom stereocenters. The third-order valence-electron chi connectivity index (χ3n) is 3.26. The molecule has 6 nitrogen and oxygen atoms in total. The molecule has 9 heteroatoms. The zero-order valence-electron chi connectivity index (χ0n) is 10.7.